The zero-order valence-electron chi connectivity index (χ0n) is 17.1. The molecule has 32 heavy (non-hydrogen) atoms. The minimum absolute atomic E-state index is 0.0822. The van der Waals surface area contributed by atoms with E-state index in [0.29, 0.717) is 21.1 Å². The Balaban J connectivity index is 1.77. The first-order valence-electron chi connectivity index (χ1n) is 10.2. The van der Waals surface area contributed by atoms with Gasteiger partial charge in [0.15, 0.2) is 0 Å². The Kier molecular flexibility index (Phi) is 3.20. The molecule has 0 radical (unpaired) electrons. The van der Waals surface area contributed by atoms with Crippen LogP contribution < -0.4 is 0 Å². The first-order valence-corrected chi connectivity index (χ1v) is 11.1. The van der Waals surface area contributed by atoms with Gasteiger partial charge in [-0.05, 0) is 44.5 Å². The fraction of sp³-hybridized carbons (Fsp3) is 0.0769. The second-order valence-corrected chi connectivity index (χ2v) is 9.25. The Morgan fingerprint density at radius 2 is 0.812 bits per heavy atom. The predicted molar refractivity (Wildman–Crippen MR) is 135 cm³/mol. The lowest BCUT2D eigenvalue weighted by Gasteiger charge is -2.29. The van der Waals surface area contributed by atoms with Gasteiger partial charge in [0.2, 0.25) is 0 Å². The smallest absolute Gasteiger partial charge is 0.259 e. The molecule has 0 saturated heterocycles. The summed E-state index contributed by atoms with van der Waals surface area (Å²) < 4.78 is 0. The molecule has 2 amide bonds. The van der Waals surface area contributed by atoms with E-state index in [9.17, 15) is 9.59 Å². The van der Waals surface area contributed by atoms with Crippen molar-refractivity contribution in [3.63, 3.8) is 0 Å². The van der Waals surface area contributed by atoms with E-state index in [-0.39, 0.29) is 11.8 Å². The van der Waals surface area contributed by atoms with Crippen LogP contribution in [0.5, 0.6) is 0 Å². The molecule has 0 aromatic heterocycles. The van der Waals surface area contributed by atoms with Crippen molar-refractivity contribution in [3.8, 4) is 0 Å². The summed E-state index contributed by atoms with van der Waals surface area (Å²) in [4.78, 5) is 30.2. The van der Waals surface area contributed by atoms with Gasteiger partial charge in [-0.25, -0.2) is 0 Å². The molecule has 0 bridgehead atoms. The third kappa shape index (κ3) is 1.85. The molecule has 4 nitrogen and oxygen atoms in total. The van der Waals surface area contributed by atoms with Crippen molar-refractivity contribution in [2.24, 2.45) is 0 Å². The van der Waals surface area contributed by atoms with Gasteiger partial charge in [0.05, 0.1) is 0 Å². The van der Waals surface area contributed by atoms with Gasteiger partial charge in [-0.2, -0.15) is 0 Å². The lowest BCUT2D eigenvalue weighted by atomic mass is 9.82. The van der Waals surface area contributed by atoms with Crippen LogP contribution in [0.15, 0.2) is 48.5 Å². The van der Waals surface area contributed by atoms with E-state index in [1.54, 1.807) is 23.9 Å². The van der Waals surface area contributed by atoms with E-state index in [1.807, 2.05) is 36.4 Å². The van der Waals surface area contributed by atoms with E-state index in [2.05, 4.69) is 12.1 Å². The first kappa shape index (κ1) is 18.1. The van der Waals surface area contributed by atoms with Gasteiger partial charge in [0.1, 0.15) is 9.98 Å². The Bertz CT molecular complexity index is 1530. The zero-order chi connectivity index (χ0) is 22.0. The van der Waals surface area contributed by atoms with E-state index < -0.39 is 0 Å². The Labute approximate surface area is 193 Å². The van der Waals surface area contributed by atoms with Crippen molar-refractivity contribution in [1.82, 2.24) is 9.80 Å². The SMILES string of the molecule is CN1C(=O)c2ccc3c4ccc5c6c(ccc(c7ccc(c2c37)C1=S)c64)C(=O)N(C)C5=S. The van der Waals surface area contributed by atoms with Crippen LogP contribution in [0.4, 0.5) is 0 Å². The van der Waals surface area contributed by atoms with Crippen molar-refractivity contribution >= 4 is 89.3 Å². The van der Waals surface area contributed by atoms with Gasteiger partial charge in [0, 0.05) is 47.1 Å². The van der Waals surface area contributed by atoms with Crippen LogP contribution in [0.3, 0.4) is 0 Å². The normalized spacial score (nSPS) is 15.9. The summed E-state index contributed by atoms with van der Waals surface area (Å²) in [5.41, 5.74) is 3.15. The predicted octanol–water partition coefficient (Wildman–Crippen LogP) is 5.26. The molecule has 2 heterocycles. The van der Waals surface area contributed by atoms with Crippen LogP contribution in [-0.2, 0) is 0 Å². The molecule has 6 heteroatoms. The highest BCUT2D eigenvalue weighted by molar-refractivity contribution is 7.81. The molecule has 0 aliphatic carbocycles. The number of carbonyl (C=O) groups is 2. The molecule has 152 valence electrons. The highest BCUT2D eigenvalue weighted by atomic mass is 32.1. The third-order valence-corrected chi connectivity index (χ3v) is 8.03. The van der Waals surface area contributed by atoms with Gasteiger partial charge >= 0.3 is 0 Å². The van der Waals surface area contributed by atoms with Gasteiger partial charge in [-0.1, -0.05) is 60.8 Å². The van der Waals surface area contributed by atoms with Gasteiger partial charge in [0.25, 0.3) is 11.8 Å². The van der Waals surface area contributed by atoms with Crippen molar-refractivity contribution < 1.29 is 9.59 Å². The van der Waals surface area contributed by atoms with Crippen LogP contribution in [0.25, 0.3) is 43.1 Å². The van der Waals surface area contributed by atoms with Crippen LogP contribution in [-0.4, -0.2) is 45.7 Å². The number of benzene rings is 5. The molecule has 0 unspecified atom stereocenters. The summed E-state index contributed by atoms with van der Waals surface area (Å²) in [7, 11) is 3.45. The largest absolute Gasteiger partial charge is 0.302 e. The van der Waals surface area contributed by atoms with Crippen LogP contribution in [0.2, 0.25) is 0 Å². The quantitative estimate of drug-likeness (QED) is 0.183. The average molecular weight is 451 g/mol. The zero-order valence-corrected chi connectivity index (χ0v) is 18.8. The maximum atomic E-state index is 13.0. The molecule has 7 rings (SSSR count). The van der Waals surface area contributed by atoms with Gasteiger partial charge in [-0.3, -0.25) is 9.59 Å². The number of rotatable bonds is 0. The fourth-order valence-electron chi connectivity index (χ4n) is 5.51. The van der Waals surface area contributed by atoms with Crippen molar-refractivity contribution in [2.75, 3.05) is 14.1 Å². The lowest BCUT2D eigenvalue weighted by Crippen LogP contribution is -2.36. The van der Waals surface area contributed by atoms with Crippen molar-refractivity contribution in [2.45, 2.75) is 0 Å². The van der Waals surface area contributed by atoms with Crippen LogP contribution in [0, 0.1) is 0 Å². The molecular weight excluding hydrogens is 436 g/mol. The molecule has 0 fully saturated rings. The molecule has 0 saturated carbocycles. The molecule has 2 aliphatic rings. The summed E-state index contributed by atoms with van der Waals surface area (Å²) in [6.07, 6.45) is 0. The minimum atomic E-state index is -0.0822. The van der Waals surface area contributed by atoms with Gasteiger partial charge in [-0.15, -0.1) is 0 Å². The number of hydrogen-bond donors (Lipinski definition) is 0. The van der Waals surface area contributed by atoms with Gasteiger partial charge < -0.3 is 9.80 Å². The Morgan fingerprint density at radius 1 is 0.500 bits per heavy atom. The first-order chi connectivity index (χ1) is 15.4. The Hall–Kier alpha value is -3.48. The minimum Gasteiger partial charge on any atom is -0.302 e. The number of fused-ring (bicyclic) bond motifs is 2. The monoisotopic (exact) mass is 450 g/mol. The lowest BCUT2D eigenvalue weighted by molar-refractivity contribution is 0.0865. The number of carbonyl (C=O) groups excluding carboxylic acids is 2. The number of nitrogens with zero attached hydrogens (tertiary/aromatic N) is 2. The average Bonchev–Trinajstić information content (AvgIpc) is 2.82. The van der Waals surface area contributed by atoms with E-state index in [0.717, 1.165) is 54.2 Å². The summed E-state index contributed by atoms with van der Waals surface area (Å²) in [5, 5.41) is 8.12. The van der Waals surface area contributed by atoms with Crippen LogP contribution >= 0.6 is 24.4 Å². The summed E-state index contributed by atoms with van der Waals surface area (Å²) in [6.45, 7) is 0. The highest BCUT2D eigenvalue weighted by Gasteiger charge is 2.32. The maximum absolute atomic E-state index is 13.0. The van der Waals surface area contributed by atoms with Crippen molar-refractivity contribution in [3.05, 3.63) is 70.8 Å². The second-order valence-electron chi connectivity index (χ2n) is 8.48. The number of amides is 2. The Morgan fingerprint density at radius 3 is 1.16 bits per heavy atom. The molecule has 5 aromatic rings. The molecule has 0 spiro atoms. The topological polar surface area (TPSA) is 40.6 Å². The molecule has 2 aliphatic heterocycles. The summed E-state index contributed by atoms with van der Waals surface area (Å²) >= 11 is 11.2. The van der Waals surface area contributed by atoms with Crippen LogP contribution in [0.1, 0.15) is 31.8 Å². The summed E-state index contributed by atoms with van der Waals surface area (Å²) in [5.74, 6) is -0.164. The molecule has 0 N–H and O–H groups in total. The van der Waals surface area contributed by atoms with E-state index >= 15 is 0 Å². The molecule has 0 atom stereocenters. The summed E-state index contributed by atoms with van der Waals surface area (Å²) in [6, 6.07) is 16.0. The second kappa shape index (κ2) is 5.65. The van der Waals surface area contributed by atoms with E-state index in [1.165, 1.54) is 0 Å². The van der Waals surface area contributed by atoms with Crippen molar-refractivity contribution in [1.29, 1.82) is 0 Å². The third-order valence-electron chi connectivity index (χ3n) is 7.04. The maximum Gasteiger partial charge on any atom is 0.259 e. The van der Waals surface area contributed by atoms with E-state index in [4.69, 9.17) is 24.4 Å². The molecule has 5 aromatic carbocycles. The highest BCUT2D eigenvalue weighted by Crippen LogP contribution is 2.46. The molecular formula is C26H14N2O2S2. The number of hydrogen-bond acceptors (Lipinski definition) is 4. The standard InChI is InChI=1S/C26H14N2O2S2/c1-27-23(29)15-7-3-11-14-6-10-18-22-16(24(30)28(2)26(18)32)8-4-12(20(14)22)13-5-9-17(25(27)31)21(15)19(11)13/h3-10H,1-2H3. The fourth-order valence-corrected chi connectivity index (χ4v) is 6.01. The number of thiocarbonyl (C=S) groups is 2.